The Hall–Kier alpha value is -3.66. The molecule has 2 nitrogen and oxygen atoms in total. The van der Waals surface area contributed by atoms with E-state index in [2.05, 4.69) is 48.5 Å². The fourth-order valence-corrected chi connectivity index (χ4v) is 5.26. The van der Waals surface area contributed by atoms with Gasteiger partial charge in [-0.15, -0.1) is 0 Å². The molecule has 0 aliphatic carbocycles. The molecule has 0 atom stereocenters. The van der Waals surface area contributed by atoms with Gasteiger partial charge in [-0.2, -0.15) is 0 Å². The molecule has 0 aromatic heterocycles. The van der Waals surface area contributed by atoms with Crippen LogP contribution in [-0.4, -0.2) is 0 Å². The van der Waals surface area contributed by atoms with Crippen LogP contribution in [0.4, 0.5) is 22.7 Å². The van der Waals surface area contributed by atoms with Crippen molar-refractivity contribution in [3.8, 4) is 11.1 Å². The van der Waals surface area contributed by atoms with Gasteiger partial charge in [0, 0.05) is 29.1 Å². The molecule has 0 N–H and O–H groups in total. The van der Waals surface area contributed by atoms with Crippen molar-refractivity contribution in [2.45, 2.75) is 0 Å². The van der Waals surface area contributed by atoms with Gasteiger partial charge in [-0.25, -0.2) is 0 Å². The van der Waals surface area contributed by atoms with Crippen molar-refractivity contribution in [2.24, 2.45) is 0 Å². The van der Waals surface area contributed by atoms with Gasteiger partial charge in [0.05, 0.1) is 32.8 Å². The van der Waals surface area contributed by atoms with Gasteiger partial charge in [-0.1, -0.05) is 126 Å². The fraction of sp³-hybridized carbons (Fsp3) is 0. The second-order valence-electron chi connectivity index (χ2n) is 8.89. The molecule has 6 aromatic rings. The zero-order valence-corrected chi connectivity index (χ0v) is 24.3. The molecule has 0 radical (unpaired) electrons. The van der Waals surface area contributed by atoms with Gasteiger partial charge < -0.3 is 0 Å². The Morgan fingerprint density at radius 2 is 0.800 bits per heavy atom. The minimum Gasteiger partial charge on any atom is -0.254 e. The summed E-state index contributed by atoms with van der Waals surface area (Å²) in [4.78, 5) is 0. The highest BCUT2D eigenvalue weighted by atomic mass is 35.5. The monoisotopic (exact) mass is 600 g/mol. The Bertz CT molecular complexity index is 1630. The minimum absolute atomic E-state index is 0.389. The second-order valence-corrected chi connectivity index (χ2v) is 10.3. The van der Waals surface area contributed by atoms with E-state index in [0.29, 0.717) is 15.7 Å². The van der Waals surface area contributed by atoms with Gasteiger partial charge in [0.25, 0.3) is 0 Å². The molecule has 0 spiro atoms. The van der Waals surface area contributed by atoms with Crippen LogP contribution in [-0.2, 0) is 0 Å². The summed E-state index contributed by atoms with van der Waals surface area (Å²) in [6.45, 7) is 0. The summed E-state index contributed by atoms with van der Waals surface area (Å²) in [7, 11) is 0. The van der Waals surface area contributed by atoms with Crippen LogP contribution in [0.15, 0.2) is 146 Å². The molecular weight excluding hydrogens is 578 g/mol. The smallest absolute Gasteiger partial charge is 0.0849 e. The topological polar surface area (TPSA) is 6.48 Å². The summed E-state index contributed by atoms with van der Waals surface area (Å²) in [5.74, 6) is 0. The molecule has 0 fully saturated rings. The lowest BCUT2D eigenvalue weighted by atomic mass is 10.0. The number of benzene rings is 6. The number of nitrogens with zero attached hydrogens (tertiary/aromatic N) is 2. The first-order chi connectivity index (χ1) is 19.5. The van der Waals surface area contributed by atoms with Crippen molar-refractivity contribution in [2.75, 3.05) is 8.84 Å². The maximum absolute atomic E-state index is 6.61. The van der Waals surface area contributed by atoms with Crippen molar-refractivity contribution < 1.29 is 0 Å². The van der Waals surface area contributed by atoms with Crippen LogP contribution in [0.1, 0.15) is 0 Å². The fourth-order valence-electron chi connectivity index (χ4n) is 4.22. The van der Waals surface area contributed by atoms with Gasteiger partial charge in [0.15, 0.2) is 0 Å². The first-order valence-corrected chi connectivity index (χ1v) is 14.0. The van der Waals surface area contributed by atoms with Crippen LogP contribution >= 0.6 is 46.8 Å². The van der Waals surface area contributed by atoms with Gasteiger partial charge in [-0.05, 0) is 58.8 Å². The Labute approximate surface area is 254 Å². The maximum Gasteiger partial charge on any atom is 0.0849 e. The van der Waals surface area contributed by atoms with Gasteiger partial charge >= 0.3 is 0 Å². The van der Waals surface area contributed by atoms with E-state index in [-0.39, 0.29) is 0 Å². The zero-order valence-electron chi connectivity index (χ0n) is 21.3. The van der Waals surface area contributed by atoms with E-state index in [9.17, 15) is 0 Å². The summed E-state index contributed by atoms with van der Waals surface area (Å²) in [6, 6.07) is 47.5. The number of hydrogen-bond donors (Lipinski definition) is 0. The van der Waals surface area contributed by atoms with Gasteiger partial charge in [-0.3, -0.25) is 8.84 Å². The molecular formula is C34H24Cl4N2. The minimum atomic E-state index is 0.389. The summed E-state index contributed by atoms with van der Waals surface area (Å²) >= 11 is 26.1. The van der Waals surface area contributed by atoms with Crippen LogP contribution in [0.5, 0.6) is 0 Å². The van der Waals surface area contributed by atoms with Crippen LogP contribution in [0.3, 0.4) is 0 Å². The number of fused-ring (bicyclic) bond motifs is 1. The third kappa shape index (κ3) is 6.38. The number of para-hydroxylation sites is 2. The van der Waals surface area contributed by atoms with Crippen molar-refractivity contribution in [3.05, 3.63) is 156 Å². The standard InChI is InChI=1S/C24H16Cl4N2.C10H8/c25-23-21(15-16-22(24(23)26)30(28)19-9-5-2-6-10-19)17-11-13-20(14-12-17)29(27)18-7-3-1-4-8-18;1-2-6-10-8-4-3-7-9(10)5-1/h1-16H;1-8H. The molecule has 40 heavy (non-hydrogen) atoms. The first-order valence-electron chi connectivity index (χ1n) is 12.6. The summed E-state index contributed by atoms with van der Waals surface area (Å²) in [5.41, 5.74) is 4.90. The highest BCUT2D eigenvalue weighted by molar-refractivity contribution is 6.46. The normalized spacial score (nSPS) is 10.5. The van der Waals surface area contributed by atoms with Crippen molar-refractivity contribution in [1.29, 1.82) is 0 Å². The highest BCUT2D eigenvalue weighted by Crippen LogP contribution is 2.43. The van der Waals surface area contributed by atoms with Crippen LogP contribution in [0, 0.1) is 0 Å². The third-order valence-electron chi connectivity index (χ3n) is 6.30. The number of hydrogen-bond acceptors (Lipinski definition) is 2. The van der Waals surface area contributed by atoms with E-state index >= 15 is 0 Å². The quantitative estimate of drug-likeness (QED) is 0.181. The van der Waals surface area contributed by atoms with E-state index in [1.807, 2.05) is 97.1 Å². The van der Waals surface area contributed by atoms with Gasteiger partial charge in [0.2, 0.25) is 0 Å². The molecule has 0 aliphatic heterocycles. The van der Waals surface area contributed by atoms with E-state index in [4.69, 9.17) is 46.8 Å². The lowest BCUT2D eigenvalue weighted by molar-refractivity contribution is 1.41. The Morgan fingerprint density at radius 1 is 0.375 bits per heavy atom. The molecule has 0 heterocycles. The molecule has 0 bridgehead atoms. The molecule has 0 amide bonds. The molecule has 0 saturated heterocycles. The summed E-state index contributed by atoms with van der Waals surface area (Å²) in [5, 5.41) is 3.45. The molecule has 6 rings (SSSR count). The lowest BCUT2D eigenvalue weighted by Gasteiger charge is -2.19. The Kier molecular flexibility index (Phi) is 9.15. The SMILES string of the molecule is Clc1c(-c2ccc(N(Cl)c3ccccc3)cc2)ccc(N(Cl)c2ccccc2)c1Cl.c1ccc2ccccc2c1. The van der Waals surface area contributed by atoms with Crippen LogP contribution in [0.2, 0.25) is 10.0 Å². The average molecular weight is 602 g/mol. The first kappa shape index (κ1) is 27.9. The predicted octanol–water partition coefficient (Wildman–Crippen LogP) is 12.1. The number of halogens is 4. The summed E-state index contributed by atoms with van der Waals surface area (Å²) in [6.07, 6.45) is 0. The Morgan fingerprint density at radius 3 is 1.30 bits per heavy atom. The van der Waals surface area contributed by atoms with E-state index in [1.54, 1.807) is 4.42 Å². The van der Waals surface area contributed by atoms with E-state index < -0.39 is 0 Å². The lowest BCUT2D eigenvalue weighted by Crippen LogP contribution is -2.03. The highest BCUT2D eigenvalue weighted by Gasteiger charge is 2.17. The van der Waals surface area contributed by atoms with Crippen molar-refractivity contribution in [3.63, 3.8) is 0 Å². The molecule has 6 heteroatoms. The van der Waals surface area contributed by atoms with Gasteiger partial charge in [0.1, 0.15) is 0 Å². The molecule has 0 unspecified atom stereocenters. The Balaban J connectivity index is 0.000000269. The average Bonchev–Trinajstić information content (AvgIpc) is 3.03. The third-order valence-corrected chi connectivity index (χ3v) is 7.94. The molecule has 0 saturated carbocycles. The van der Waals surface area contributed by atoms with Crippen molar-refractivity contribution in [1.82, 2.24) is 0 Å². The van der Waals surface area contributed by atoms with Crippen LogP contribution in [0.25, 0.3) is 21.9 Å². The zero-order chi connectivity index (χ0) is 27.9. The predicted molar refractivity (Wildman–Crippen MR) is 175 cm³/mol. The second kappa shape index (κ2) is 13.1. The van der Waals surface area contributed by atoms with Crippen molar-refractivity contribution >= 4 is 80.3 Å². The maximum atomic E-state index is 6.61. The van der Waals surface area contributed by atoms with E-state index in [0.717, 1.165) is 28.2 Å². The summed E-state index contributed by atoms with van der Waals surface area (Å²) < 4.78 is 3.10. The molecule has 198 valence electrons. The molecule has 6 aromatic carbocycles. The van der Waals surface area contributed by atoms with Crippen LogP contribution < -0.4 is 8.84 Å². The number of anilines is 4. The number of rotatable bonds is 5. The van der Waals surface area contributed by atoms with E-state index in [1.165, 1.54) is 15.2 Å². The molecule has 0 aliphatic rings. The largest absolute Gasteiger partial charge is 0.254 e.